The standard InChI is InChI=1S/C14H22N4O/c1-14(2)10-18(7-8-19-14)13-6-5-12(16-17-13)9-15-11-3-4-11/h5-6,11,15H,3-4,7-10H2,1-2H3. The predicted octanol–water partition coefficient (Wildman–Crippen LogP) is 1.34. The smallest absolute Gasteiger partial charge is 0.151 e. The first-order chi connectivity index (χ1) is 9.12. The first-order valence-corrected chi connectivity index (χ1v) is 7.07. The third-order valence-corrected chi connectivity index (χ3v) is 3.60. The van der Waals surface area contributed by atoms with Crippen LogP contribution in [0.15, 0.2) is 12.1 Å². The van der Waals surface area contributed by atoms with E-state index in [4.69, 9.17) is 4.74 Å². The highest BCUT2D eigenvalue weighted by Gasteiger charge is 2.28. The molecule has 3 rings (SSSR count). The van der Waals surface area contributed by atoms with Crippen LogP contribution in [0.4, 0.5) is 5.82 Å². The van der Waals surface area contributed by atoms with Crippen molar-refractivity contribution in [3.63, 3.8) is 0 Å². The van der Waals surface area contributed by atoms with Gasteiger partial charge in [-0.25, -0.2) is 0 Å². The van der Waals surface area contributed by atoms with Crippen LogP contribution >= 0.6 is 0 Å². The Hall–Kier alpha value is -1.20. The van der Waals surface area contributed by atoms with Crippen LogP contribution in [0.3, 0.4) is 0 Å². The van der Waals surface area contributed by atoms with Crippen LogP contribution in [-0.2, 0) is 11.3 Å². The van der Waals surface area contributed by atoms with Crippen LogP contribution < -0.4 is 10.2 Å². The molecule has 2 aliphatic rings. The summed E-state index contributed by atoms with van der Waals surface area (Å²) in [5.41, 5.74) is 0.912. The van der Waals surface area contributed by atoms with Crippen molar-refractivity contribution in [1.29, 1.82) is 0 Å². The minimum Gasteiger partial charge on any atom is -0.372 e. The number of aromatic nitrogens is 2. The van der Waals surface area contributed by atoms with E-state index in [1.165, 1.54) is 12.8 Å². The molecule has 1 aromatic heterocycles. The lowest BCUT2D eigenvalue weighted by Crippen LogP contribution is -2.48. The second-order valence-corrected chi connectivity index (χ2v) is 6.07. The number of anilines is 1. The quantitative estimate of drug-likeness (QED) is 0.887. The van der Waals surface area contributed by atoms with Crippen molar-refractivity contribution in [2.45, 2.75) is 44.9 Å². The second kappa shape index (κ2) is 5.06. The summed E-state index contributed by atoms with van der Waals surface area (Å²) in [5.74, 6) is 0.951. The van der Waals surface area contributed by atoms with Gasteiger partial charge in [0.15, 0.2) is 5.82 Å². The molecule has 1 aliphatic carbocycles. The van der Waals surface area contributed by atoms with Crippen molar-refractivity contribution in [3.8, 4) is 0 Å². The van der Waals surface area contributed by atoms with E-state index >= 15 is 0 Å². The van der Waals surface area contributed by atoms with Crippen molar-refractivity contribution in [2.24, 2.45) is 0 Å². The van der Waals surface area contributed by atoms with Crippen LogP contribution in [0.5, 0.6) is 0 Å². The fraction of sp³-hybridized carbons (Fsp3) is 0.714. The summed E-state index contributed by atoms with van der Waals surface area (Å²) in [6.45, 7) is 7.55. The minimum absolute atomic E-state index is 0.105. The number of hydrogen-bond donors (Lipinski definition) is 1. The van der Waals surface area contributed by atoms with Gasteiger partial charge in [-0.2, -0.15) is 5.10 Å². The number of rotatable bonds is 4. The highest BCUT2D eigenvalue weighted by Crippen LogP contribution is 2.21. The Morgan fingerprint density at radius 1 is 1.37 bits per heavy atom. The average molecular weight is 262 g/mol. The molecule has 1 N–H and O–H groups in total. The topological polar surface area (TPSA) is 50.3 Å². The third kappa shape index (κ3) is 3.42. The molecule has 2 fully saturated rings. The van der Waals surface area contributed by atoms with Gasteiger partial charge in [-0.1, -0.05) is 0 Å². The largest absolute Gasteiger partial charge is 0.372 e. The van der Waals surface area contributed by atoms with Gasteiger partial charge in [0.2, 0.25) is 0 Å². The Balaban J connectivity index is 1.61. The molecule has 0 spiro atoms. The van der Waals surface area contributed by atoms with Gasteiger partial charge in [0.25, 0.3) is 0 Å². The monoisotopic (exact) mass is 262 g/mol. The molecule has 0 amide bonds. The molecule has 19 heavy (non-hydrogen) atoms. The number of hydrogen-bond acceptors (Lipinski definition) is 5. The molecule has 1 aliphatic heterocycles. The van der Waals surface area contributed by atoms with Gasteiger partial charge in [-0.15, -0.1) is 5.10 Å². The fourth-order valence-electron chi connectivity index (χ4n) is 2.36. The molecule has 5 nitrogen and oxygen atoms in total. The van der Waals surface area contributed by atoms with E-state index in [-0.39, 0.29) is 5.60 Å². The molecule has 5 heteroatoms. The fourth-order valence-corrected chi connectivity index (χ4v) is 2.36. The molecular formula is C14H22N4O. The number of nitrogens with one attached hydrogen (secondary N) is 1. The maximum atomic E-state index is 5.71. The van der Waals surface area contributed by atoms with Gasteiger partial charge in [0, 0.05) is 25.7 Å². The number of ether oxygens (including phenoxy) is 1. The van der Waals surface area contributed by atoms with Gasteiger partial charge in [-0.05, 0) is 38.8 Å². The Kier molecular flexibility index (Phi) is 3.41. The first kappa shape index (κ1) is 12.8. The molecule has 1 saturated heterocycles. The molecular weight excluding hydrogens is 240 g/mol. The Morgan fingerprint density at radius 3 is 2.84 bits per heavy atom. The average Bonchev–Trinajstić information content (AvgIpc) is 3.20. The zero-order valence-electron chi connectivity index (χ0n) is 11.7. The molecule has 1 saturated carbocycles. The van der Waals surface area contributed by atoms with Crippen LogP contribution in [-0.4, -0.2) is 41.5 Å². The summed E-state index contributed by atoms with van der Waals surface area (Å²) >= 11 is 0. The van der Waals surface area contributed by atoms with Crippen LogP contribution in [0, 0.1) is 0 Å². The summed E-state index contributed by atoms with van der Waals surface area (Å²) in [4.78, 5) is 2.24. The van der Waals surface area contributed by atoms with Crippen molar-refractivity contribution in [1.82, 2.24) is 15.5 Å². The zero-order chi connectivity index (χ0) is 13.3. The molecule has 0 aromatic carbocycles. The highest BCUT2D eigenvalue weighted by atomic mass is 16.5. The van der Waals surface area contributed by atoms with E-state index in [9.17, 15) is 0 Å². The summed E-state index contributed by atoms with van der Waals surface area (Å²) in [6, 6.07) is 4.85. The summed E-state index contributed by atoms with van der Waals surface area (Å²) < 4.78 is 5.71. The van der Waals surface area contributed by atoms with E-state index in [0.717, 1.165) is 37.8 Å². The van der Waals surface area contributed by atoms with Crippen molar-refractivity contribution in [2.75, 3.05) is 24.6 Å². The van der Waals surface area contributed by atoms with Crippen molar-refractivity contribution >= 4 is 5.82 Å². The maximum Gasteiger partial charge on any atom is 0.151 e. The Morgan fingerprint density at radius 2 is 2.21 bits per heavy atom. The molecule has 0 bridgehead atoms. The zero-order valence-corrected chi connectivity index (χ0v) is 11.7. The second-order valence-electron chi connectivity index (χ2n) is 6.07. The minimum atomic E-state index is -0.105. The van der Waals surface area contributed by atoms with E-state index in [1.54, 1.807) is 0 Å². The van der Waals surface area contributed by atoms with E-state index < -0.39 is 0 Å². The van der Waals surface area contributed by atoms with Gasteiger partial charge in [0.1, 0.15) is 0 Å². The van der Waals surface area contributed by atoms with Crippen molar-refractivity contribution in [3.05, 3.63) is 17.8 Å². The van der Waals surface area contributed by atoms with Crippen LogP contribution in [0.2, 0.25) is 0 Å². The molecule has 104 valence electrons. The lowest BCUT2D eigenvalue weighted by molar-refractivity contribution is -0.0279. The first-order valence-electron chi connectivity index (χ1n) is 7.07. The molecule has 1 aromatic rings. The van der Waals surface area contributed by atoms with E-state index in [1.807, 2.05) is 0 Å². The number of morpholine rings is 1. The SMILES string of the molecule is CC1(C)CN(c2ccc(CNC3CC3)nn2)CCO1. The van der Waals surface area contributed by atoms with E-state index in [0.29, 0.717) is 6.04 Å². The Labute approximate surface area is 114 Å². The summed E-state index contributed by atoms with van der Waals surface area (Å²) in [6.07, 6.45) is 2.60. The van der Waals surface area contributed by atoms with Gasteiger partial charge >= 0.3 is 0 Å². The molecule has 0 atom stereocenters. The predicted molar refractivity (Wildman–Crippen MR) is 74.1 cm³/mol. The van der Waals surface area contributed by atoms with Crippen molar-refractivity contribution < 1.29 is 4.74 Å². The molecule has 0 unspecified atom stereocenters. The Bertz CT molecular complexity index is 428. The van der Waals surface area contributed by atoms with Gasteiger partial charge in [0.05, 0.1) is 17.9 Å². The summed E-state index contributed by atoms with van der Waals surface area (Å²) in [7, 11) is 0. The molecule has 0 radical (unpaired) electrons. The van der Waals surface area contributed by atoms with Crippen LogP contribution in [0.1, 0.15) is 32.4 Å². The lowest BCUT2D eigenvalue weighted by atomic mass is 10.1. The maximum absolute atomic E-state index is 5.71. The summed E-state index contributed by atoms with van der Waals surface area (Å²) in [5, 5.41) is 12.1. The lowest BCUT2D eigenvalue weighted by Gasteiger charge is -2.38. The van der Waals surface area contributed by atoms with Gasteiger partial charge < -0.3 is 15.0 Å². The van der Waals surface area contributed by atoms with E-state index in [2.05, 4.69) is 46.4 Å². The molecule has 2 heterocycles. The normalized spacial score (nSPS) is 22.5. The van der Waals surface area contributed by atoms with Gasteiger partial charge in [-0.3, -0.25) is 0 Å². The highest BCUT2D eigenvalue weighted by molar-refractivity contribution is 5.38. The third-order valence-electron chi connectivity index (χ3n) is 3.60. The van der Waals surface area contributed by atoms with Crippen LogP contribution in [0.25, 0.3) is 0 Å². The number of nitrogens with zero attached hydrogens (tertiary/aromatic N) is 3.